The van der Waals surface area contributed by atoms with Crippen LogP contribution in [0.15, 0.2) is 182 Å². The number of hydrogen-bond donors (Lipinski definition) is 0. The van der Waals surface area contributed by atoms with Crippen molar-refractivity contribution in [3.63, 3.8) is 0 Å². The van der Waals surface area contributed by atoms with E-state index in [1.54, 1.807) is 0 Å². The van der Waals surface area contributed by atoms with E-state index in [-0.39, 0.29) is 10.8 Å². The molecule has 0 unspecified atom stereocenters. The monoisotopic (exact) mass is 718 g/mol. The Balaban J connectivity index is 1.15. The summed E-state index contributed by atoms with van der Waals surface area (Å²) < 4.78 is 2.39. The van der Waals surface area contributed by atoms with Gasteiger partial charge in [0.15, 0.2) is 0 Å². The van der Waals surface area contributed by atoms with Gasteiger partial charge in [-0.25, -0.2) is 0 Å². The number of anilines is 3. The van der Waals surface area contributed by atoms with Crippen molar-refractivity contribution >= 4 is 38.9 Å². The van der Waals surface area contributed by atoms with Gasteiger partial charge in [0.25, 0.3) is 0 Å². The molecule has 0 aliphatic heterocycles. The molecule has 0 amide bonds. The van der Waals surface area contributed by atoms with Crippen LogP contribution in [0.5, 0.6) is 0 Å². The van der Waals surface area contributed by atoms with Crippen molar-refractivity contribution in [2.75, 3.05) is 4.90 Å². The number of fused-ring (bicyclic) bond motifs is 9. The highest BCUT2D eigenvalue weighted by atomic mass is 15.2. The molecule has 0 radical (unpaired) electrons. The van der Waals surface area contributed by atoms with Gasteiger partial charge in [0, 0.05) is 44.0 Å². The van der Waals surface area contributed by atoms with Crippen LogP contribution in [-0.4, -0.2) is 4.57 Å². The summed E-state index contributed by atoms with van der Waals surface area (Å²) in [5, 5.41) is 2.54. The van der Waals surface area contributed by atoms with E-state index in [1.165, 1.54) is 88.8 Å². The number of rotatable bonds is 5. The minimum atomic E-state index is -0.122. The number of benzene rings is 8. The predicted octanol–water partition coefficient (Wildman–Crippen LogP) is 14.5. The lowest BCUT2D eigenvalue weighted by atomic mass is 9.82. The molecule has 2 aliphatic rings. The molecule has 0 atom stereocenters. The third-order valence-corrected chi connectivity index (χ3v) is 12.8. The quantitative estimate of drug-likeness (QED) is 0.172. The van der Waals surface area contributed by atoms with Crippen LogP contribution in [0.25, 0.3) is 60.9 Å². The van der Waals surface area contributed by atoms with Crippen LogP contribution in [0.2, 0.25) is 0 Å². The molecule has 0 bridgehead atoms. The molecule has 56 heavy (non-hydrogen) atoms. The zero-order valence-corrected chi connectivity index (χ0v) is 32.2. The second-order valence-corrected chi connectivity index (χ2v) is 16.5. The second-order valence-electron chi connectivity index (χ2n) is 16.5. The fourth-order valence-electron chi connectivity index (χ4n) is 10.1. The minimum Gasteiger partial charge on any atom is -0.309 e. The standard InChI is InChI=1S/C54H42N2/c1-53(2)42-22-10-5-20-40(42)51-44(53)24-15-29-49(51)56(50-30-16-25-45-52(50)41-21-6-11-23-43(41)54(45,3)4)46-26-12-7-17-37(46)35-31-33-36(34-32-35)55-47-27-13-8-18-38(47)39-19-9-14-28-48(39)55/h5-34H,1-4H3. The lowest BCUT2D eigenvalue weighted by Gasteiger charge is -2.32. The molecular formula is C54H42N2. The third kappa shape index (κ3) is 4.50. The number of nitrogens with zero attached hydrogens (tertiary/aromatic N) is 2. The fourth-order valence-corrected chi connectivity index (χ4v) is 10.1. The van der Waals surface area contributed by atoms with Gasteiger partial charge in [-0.05, 0) is 81.4 Å². The Hall–Kier alpha value is -6.64. The fraction of sp³-hybridized carbons (Fsp3) is 0.111. The van der Waals surface area contributed by atoms with E-state index >= 15 is 0 Å². The van der Waals surface area contributed by atoms with Gasteiger partial charge >= 0.3 is 0 Å². The van der Waals surface area contributed by atoms with Crippen molar-refractivity contribution in [1.29, 1.82) is 0 Å². The van der Waals surface area contributed by atoms with Crippen molar-refractivity contribution < 1.29 is 0 Å². The molecule has 8 aromatic carbocycles. The van der Waals surface area contributed by atoms with Crippen LogP contribution < -0.4 is 4.90 Å². The molecule has 1 heterocycles. The molecule has 11 rings (SSSR count). The highest BCUT2D eigenvalue weighted by Crippen LogP contribution is 2.58. The van der Waals surface area contributed by atoms with Crippen LogP contribution in [0, 0.1) is 0 Å². The number of hydrogen-bond acceptors (Lipinski definition) is 1. The van der Waals surface area contributed by atoms with Crippen molar-refractivity contribution in [3.8, 4) is 39.1 Å². The Labute approximate surface area is 328 Å². The summed E-state index contributed by atoms with van der Waals surface area (Å²) in [6.07, 6.45) is 0. The highest BCUT2D eigenvalue weighted by Gasteiger charge is 2.41. The van der Waals surface area contributed by atoms with Gasteiger partial charge in [-0.15, -0.1) is 0 Å². The van der Waals surface area contributed by atoms with Crippen LogP contribution >= 0.6 is 0 Å². The number of para-hydroxylation sites is 3. The van der Waals surface area contributed by atoms with Crippen LogP contribution in [0.1, 0.15) is 49.9 Å². The molecule has 9 aromatic rings. The highest BCUT2D eigenvalue weighted by molar-refractivity contribution is 6.09. The summed E-state index contributed by atoms with van der Waals surface area (Å²) in [4.78, 5) is 2.57. The summed E-state index contributed by atoms with van der Waals surface area (Å²) in [5.74, 6) is 0. The smallest absolute Gasteiger partial charge is 0.0543 e. The van der Waals surface area contributed by atoms with Gasteiger partial charge in [-0.1, -0.05) is 167 Å². The van der Waals surface area contributed by atoms with Crippen LogP contribution in [0.4, 0.5) is 17.1 Å². The van der Waals surface area contributed by atoms with Gasteiger partial charge in [0.2, 0.25) is 0 Å². The molecule has 0 saturated carbocycles. The first-order valence-corrected chi connectivity index (χ1v) is 19.8. The van der Waals surface area contributed by atoms with E-state index in [4.69, 9.17) is 0 Å². The van der Waals surface area contributed by atoms with E-state index in [1.807, 2.05) is 0 Å². The first-order chi connectivity index (χ1) is 27.3. The van der Waals surface area contributed by atoms with Crippen molar-refractivity contribution in [2.24, 2.45) is 0 Å². The van der Waals surface area contributed by atoms with Crippen LogP contribution in [0.3, 0.4) is 0 Å². The largest absolute Gasteiger partial charge is 0.309 e. The third-order valence-electron chi connectivity index (χ3n) is 12.8. The molecule has 0 fully saturated rings. The van der Waals surface area contributed by atoms with Gasteiger partial charge in [-0.3, -0.25) is 0 Å². The first kappa shape index (κ1) is 32.8. The van der Waals surface area contributed by atoms with Gasteiger partial charge in [-0.2, -0.15) is 0 Å². The Morgan fingerprint density at radius 3 is 1.30 bits per heavy atom. The minimum absolute atomic E-state index is 0.122. The van der Waals surface area contributed by atoms with E-state index in [0.717, 1.165) is 11.4 Å². The summed E-state index contributed by atoms with van der Waals surface area (Å²) in [7, 11) is 0. The topological polar surface area (TPSA) is 8.17 Å². The molecule has 2 aliphatic carbocycles. The lowest BCUT2D eigenvalue weighted by molar-refractivity contribution is 0.660. The zero-order chi connectivity index (χ0) is 37.8. The first-order valence-electron chi connectivity index (χ1n) is 19.8. The molecule has 0 saturated heterocycles. The Morgan fingerprint density at radius 1 is 0.357 bits per heavy atom. The van der Waals surface area contributed by atoms with Gasteiger partial charge < -0.3 is 9.47 Å². The van der Waals surface area contributed by atoms with Crippen molar-refractivity contribution in [2.45, 2.75) is 38.5 Å². The maximum Gasteiger partial charge on any atom is 0.0543 e. The second kappa shape index (κ2) is 11.9. The van der Waals surface area contributed by atoms with Gasteiger partial charge in [0.1, 0.15) is 0 Å². The molecule has 2 heteroatoms. The van der Waals surface area contributed by atoms with E-state index in [0.29, 0.717) is 0 Å². The Kier molecular flexibility index (Phi) is 6.98. The Bertz CT molecular complexity index is 2870. The predicted molar refractivity (Wildman–Crippen MR) is 236 cm³/mol. The maximum atomic E-state index is 2.57. The average Bonchev–Trinajstić information content (AvgIpc) is 3.79. The SMILES string of the molecule is CC1(C)c2ccccc2-c2c(N(c3ccccc3-c3ccc(-n4c5ccccc5c5ccccc54)cc3)c3cccc4c3-c3ccccc3C4(C)C)cccc21. The van der Waals surface area contributed by atoms with Crippen molar-refractivity contribution in [1.82, 2.24) is 4.57 Å². The summed E-state index contributed by atoms with van der Waals surface area (Å²) in [5.41, 5.74) is 20.0. The van der Waals surface area contributed by atoms with Crippen LogP contribution in [-0.2, 0) is 10.8 Å². The molecule has 0 N–H and O–H groups in total. The van der Waals surface area contributed by atoms with Crippen molar-refractivity contribution in [3.05, 3.63) is 204 Å². The van der Waals surface area contributed by atoms with E-state index in [2.05, 4.69) is 219 Å². The summed E-state index contributed by atoms with van der Waals surface area (Å²) in [6, 6.07) is 67.5. The molecule has 1 aromatic heterocycles. The average molecular weight is 719 g/mol. The summed E-state index contributed by atoms with van der Waals surface area (Å²) >= 11 is 0. The molecule has 268 valence electrons. The summed E-state index contributed by atoms with van der Waals surface area (Å²) in [6.45, 7) is 9.49. The zero-order valence-electron chi connectivity index (χ0n) is 32.2. The molecule has 0 spiro atoms. The normalized spacial score (nSPS) is 14.4. The van der Waals surface area contributed by atoms with E-state index < -0.39 is 0 Å². The lowest BCUT2D eigenvalue weighted by Crippen LogP contribution is -2.17. The molecular weight excluding hydrogens is 677 g/mol. The molecule has 2 nitrogen and oxygen atoms in total. The Morgan fingerprint density at radius 2 is 0.768 bits per heavy atom. The maximum absolute atomic E-state index is 2.57. The number of aromatic nitrogens is 1. The van der Waals surface area contributed by atoms with Gasteiger partial charge in [0.05, 0.1) is 28.1 Å². The van der Waals surface area contributed by atoms with E-state index in [9.17, 15) is 0 Å².